The molecule has 0 spiro atoms. The van der Waals surface area contributed by atoms with Gasteiger partial charge in [0.25, 0.3) is 0 Å². The number of hydrogen-bond acceptors (Lipinski definition) is 4. The van der Waals surface area contributed by atoms with Crippen LogP contribution < -0.4 is 5.73 Å². The number of benzene rings is 3. The van der Waals surface area contributed by atoms with Gasteiger partial charge < -0.3 is 15.6 Å². The van der Waals surface area contributed by atoms with Gasteiger partial charge in [0, 0.05) is 11.1 Å². The molecule has 0 aliphatic carbocycles. The highest BCUT2D eigenvalue weighted by atomic mass is 35.5. The summed E-state index contributed by atoms with van der Waals surface area (Å²) >= 11 is 6.16. The lowest BCUT2D eigenvalue weighted by atomic mass is 9.96. The molecule has 1 amide bonds. The van der Waals surface area contributed by atoms with Gasteiger partial charge in [0.1, 0.15) is 5.75 Å². The van der Waals surface area contributed by atoms with Gasteiger partial charge in [-0.25, -0.2) is 4.79 Å². The van der Waals surface area contributed by atoms with Crippen LogP contribution in [0.25, 0.3) is 11.1 Å². The van der Waals surface area contributed by atoms with Crippen LogP contribution in [-0.2, 0) is 10.9 Å². The Balaban J connectivity index is 2.18. The molecule has 3 N–H and O–H groups in total. The lowest BCUT2D eigenvalue weighted by molar-refractivity contribution is -0.137. The number of primary amides is 1. The van der Waals surface area contributed by atoms with Crippen LogP contribution in [0.5, 0.6) is 5.75 Å². The van der Waals surface area contributed by atoms with E-state index in [1.54, 1.807) is 6.92 Å². The molecule has 0 saturated carbocycles. The predicted molar refractivity (Wildman–Crippen MR) is 120 cm³/mol. The second-order valence-corrected chi connectivity index (χ2v) is 7.42. The van der Waals surface area contributed by atoms with Gasteiger partial charge in [-0.05, 0) is 66.6 Å². The number of ether oxygens (including phenoxy) is 1. The van der Waals surface area contributed by atoms with E-state index >= 15 is 0 Å². The number of alkyl halides is 3. The van der Waals surface area contributed by atoms with E-state index in [2.05, 4.69) is 11.8 Å². The van der Waals surface area contributed by atoms with Gasteiger partial charge in [-0.15, -0.1) is 0 Å². The lowest BCUT2D eigenvalue weighted by Gasteiger charge is -2.11. The van der Waals surface area contributed by atoms with Gasteiger partial charge in [-0.2, -0.15) is 13.2 Å². The molecule has 0 saturated heterocycles. The Morgan fingerprint density at radius 2 is 1.71 bits per heavy atom. The van der Waals surface area contributed by atoms with E-state index in [1.165, 1.54) is 36.4 Å². The van der Waals surface area contributed by atoms with Crippen LogP contribution in [0.3, 0.4) is 0 Å². The number of esters is 1. The molecule has 3 rings (SSSR count). The molecule has 0 heterocycles. The van der Waals surface area contributed by atoms with Crippen LogP contribution in [0.4, 0.5) is 13.2 Å². The van der Waals surface area contributed by atoms with Gasteiger partial charge in [0.2, 0.25) is 5.91 Å². The van der Waals surface area contributed by atoms with Gasteiger partial charge in [-0.1, -0.05) is 29.5 Å². The van der Waals surface area contributed by atoms with Crippen molar-refractivity contribution in [3.8, 4) is 28.7 Å². The monoisotopic (exact) mass is 487 g/mol. The number of carbonyl (C=O) groups excluding carboxylic acids is 2. The number of aromatic hydroxyl groups is 1. The zero-order valence-corrected chi connectivity index (χ0v) is 18.4. The summed E-state index contributed by atoms with van der Waals surface area (Å²) in [5, 5.41) is 9.51. The number of amides is 1. The highest BCUT2D eigenvalue weighted by molar-refractivity contribution is 6.34. The van der Waals surface area contributed by atoms with Crippen LogP contribution >= 0.6 is 11.6 Å². The Bertz CT molecular complexity index is 1340. The van der Waals surface area contributed by atoms with Crippen LogP contribution in [-0.4, -0.2) is 23.6 Å². The van der Waals surface area contributed by atoms with Crippen LogP contribution in [0.1, 0.15) is 44.3 Å². The summed E-state index contributed by atoms with van der Waals surface area (Å²) in [6.45, 7) is 1.80. The number of carbonyl (C=O) groups is 2. The Labute approximate surface area is 197 Å². The summed E-state index contributed by atoms with van der Waals surface area (Å²) < 4.78 is 45.1. The first-order chi connectivity index (χ1) is 16.0. The molecule has 34 heavy (non-hydrogen) atoms. The van der Waals surface area contributed by atoms with Crippen molar-refractivity contribution >= 4 is 23.5 Å². The molecular formula is C25H17ClF3NO4. The SMILES string of the molecule is CCOC(=O)c1ccc(C#Cc2ccc(O)cc2C(F)(F)F)c(-c2ccc(C(N)=O)c(Cl)c2)c1. The summed E-state index contributed by atoms with van der Waals surface area (Å²) in [5.74, 6) is 3.31. The van der Waals surface area contributed by atoms with Crippen molar-refractivity contribution in [3.05, 3.63) is 87.4 Å². The summed E-state index contributed by atoms with van der Waals surface area (Å²) in [6, 6.07) is 11.5. The third-order valence-electron chi connectivity index (χ3n) is 4.72. The van der Waals surface area contributed by atoms with Crippen molar-refractivity contribution in [1.82, 2.24) is 0 Å². The largest absolute Gasteiger partial charge is 0.508 e. The van der Waals surface area contributed by atoms with Gasteiger partial charge in [0.05, 0.1) is 28.3 Å². The summed E-state index contributed by atoms with van der Waals surface area (Å²) in [6.07, 6.45) is -4.72. The van der Waals surface area contributed by atoms with E-state index in [1.807, 2.05) is 0 Å². The maximum absolute atomic E-state index is 13.4. The molecule has 0 bridgehead atoms. The lowest BCUT2D eigenvalue weighted by Crippen LogP contribution is -2.11. The van der Waals surface area contributed by atoms with E-state index in [0.29, 0.717) is 17.2 Å². The molecule has 0 radical (unpaired) electrons. The Hall–Kier alpha value is -3.96. The minimum absolute atomic E-state index is 0.0586. The number of phenols is 1. The van der Waals surface area contributed by atoms with E-state index < -0.39 is 29.4 Å². The quantitative estimate of drug-likeness (QED) is 0.380. The summed E-state index contributed by atoms with van der Waals surface area (Å²) in [5.41, 5.74) is 5.25. The molecule has 0 fully saturated rings. The number of halogens is 4. The highest BCUT2D eigenvalue weighted by Gasteiger charge is 2.33. The van der Waals surface area contributed by atoms with Crippen LogP contribution in [0.15, 0.2) is 54.6 Å². The van der Waals surface area contributed by atoms with E-state index in [-0.39, 0.29) is 33.9 Å². The van der Waals surface area contributed by atoms with Crippen molar-refractivity contribution < 1.29 is 32.6 Å². The van der Waals surface area contributed by atoms with Gasteiger partial charge >= 0.3 is 12.1 Å². The van der Waals surface area contributed by atoms with Gasteiger partial charge in [0.15, 0.2) is 0 Å². The van der Waals surface area contributed by atoms with E-state index in [4.69, 9.17) is 22.1 Å². The molecule has 0 aromatic heterocycles. The zero-order valence-electron chi connectivity index (χ0n) is 17.7. The number of nitrogens with two attached hydrogens (primary N) is 1. The van der Waals surface area contributed by atoms with Crippen molar-refractivity contribution in [2.45, 2.75) is 13.1 Å². The molecule has 0 unspecified atom stereocenters. The van der Waals surface area contributed by atoms with Crippen LogP contribution in [0.2, 0.25) is 5.02 Å². The summed E-state index contributed by atoms with van der Waals surface area (Å²) in [7, 11) is 0. The van der Waals surface area contributed by atoms with Crippen LogP contribution in [0, 0.1) is 11.8 Å². The number of rotatable bonds is 4. The minimum Gasteiger partial charge on any atom is -0.508 e. The van der Waals surface area contributed by atoms with Crippen molar-refractivity contribution in [2.75, 3.05) is 6.61 Å². The van der Waals surface area contributed by atoms with Crippen molar-refractivity contribution in [1.29, 1.82) is 0 Å². The molecule has 5 nitrogen and oxygen atoms in total. The smallest absolute Gasteiger partial charge is 0.417 e. The normalized spacial score (nSPS) is 10.9. The topological polar surface area (TPSA) is 89.6 Å². The molecule has 0 aliphatic rings. The number of hydrogen-bond donors (Lipinski definition) is 2. The predicted octanol–water partition coefficient (Wildman–Crippen LogP) is 5.41. The fourth-order valence-corrected chi connectivity index (χ4v) is 3.40. The molecule has 0 aliphatic heterocycles. The first kappa shape index (κ1) is 24.7. The first-order valence-electron chi connectivity index (χ1n) is 9.84. The van der Waals surface area contributed by atoms with Crippen molar-refractivity contribution in [3.63, 3.8) is 0 Å². The fraction of sp³-hybridized carbons (Fsp3) is 0.120. The third kappa shape index (κ3) is 5.50. The average Bonchev–Trinajstić information content (AvgIpc) is 2.77. The second kappa shape index (κ2) is 9.89. The maximum atomic E-state index is 13.4. The van der Waals surface area contributed by atoms with E-state index in [9.17, 15) is 27.9 Å². The molecule has 9 heteroatoms. The molecule has 3 aromatic rings. The standard InChI is InChI=1S/C25H17ClF3NO4/c1-2-34-24(33)17-6-4-14(3-5-15-7-9-18(31)13-21(15)25(27,28)29)20(11-17)16-8-10-19(23(30)32)22(26)12-16/h4,6-13,31H,2H2,1H3,(H2,30,32). The Morgan fingerprint density at radius 1 is 1.03 bits per heavy atom. The number of phenolic OH excluding ortho intramolecular Hbond substituents is 1. The minimum atomic E-state index is -4.72. The molecular weight excluding hydrogens is 471 g/mol. The van der Waals surface area contributed by atoms with Crippen molar-refractivity contribution in [2.24, 2.45) is 5.73 Å². The molecule has 174 valence electrons. The second-order valence-electron chi connectivity index (χ2n) is 7.02. The molecule has 3 aromatic carbocycles. The maximum Gasteiger partial charge on any atom is 0.417 e. The Kier molecular flexibility index (Phi) is 7.18. The zero-order chi connectivity index (χ0) is 25.0. The third-order valence-corrected chi connectivity index (χ3v) is 5.03. The van der Waals surface area contributed by atoms with Gasteiger partial charge in [-0.3, -0.25) is 4.79 Å². The Morgan fingerprint density at radius 3 is 2.32 bits per heavy atom. The fourth-order valence-electron chi connectivity index (χ4n) is 3.13. The summed E-state index contributed by atoms with van der Waals surface area (Å²) in [4.78, 5) is 23.7. The molecule has 0 atom stereocenters. The first-order valence-corrected chi connectivity index (χ1v) is 10.2. The highest BCUT2D eigenvalue weighted by Crippen LogP contribution is 2.34. The van der Waals surface area contributed by atoms with E-state index in [0.717, 1.165) is 12.1 Å². The average molecular weight is 488 g/mol.